The lowest BCUT2D eigenvalue weighted by Gasteiger charge is -2.41. The summed E-state index contributed by atoms with van der Waals surface area (Å²) < 4.78 is 11.0. The van der Waals surface area contributed by atoms with Crippen LogP contribution in [-0.2, 0) is 14.9 Å². The summed E-state index contributed by atoms with van der Waals surface area (Å²) in [6.45, 7) is 6.17. The second kappa shape index (κ2) is 9.78. The van der Waals surface area contributed by atoms with E-state index < -0.39 is 5.41 Å². The molecule has 3 aromatic rings. The molecule has 2 aliphatic rings. The zero-order valence-electron chi connectivity index (χ0n) is 20.8. The Morgan fingerprint density at radius 3 is 2.46 bits per heavy atom. The molecule has 2 aromatic carbocycles. The highest BCUT2D eigenvalue weighted by Crippen LogP contribution is 2.42. The van der Waals surface area contributed by atoms with Gasteiger partial charge in [0, 0.05) is 31.5 Å². The third-order valence-electron chi connectivity index (χ3n) is 7.41. The minimum atomic E-state index is -0.552. The van der Waals surface area contributed by atoms with Crippen molar-refractivity contribution in [3.8, 4) is 17.1 Å². The molecule has 2 saturated heterocycles. The number of methoxy groups -OCH3 is 1. The summed E-state index contributed by atoms with van der Waals surface area (Å²) in [6, 6.07) is 16.2. The van der Waals surface area contributed by atoms with Crippen LogP contribution in [0.15, 0.2) is 54.7 Å². The van der Waals surface area contributed by atoms with Crippen LogP contribution in [0.3, 0.4) is 0 Å². The molecule has 0 aliphatic carbocycles. The first-order chi connectivity index (χ1) is 17.0. The Balaban J connectivity index is 1.48. The molecule has 35 heavy (non-hydrogen) atoms. The maximum atomic E-state index is 14.4. The monoisotopic (exact) mass is 471 g/mol. The minimum Gasteiger partial charge on any atom is -0.497 e. The quantitative estimate of drug-likeness (QED) is 0.513. The van der Waals surface area contributed by atoms with Crippen molar-refractivity contribution < 1.29 is 14.3 Å². The minimum absolute atomic E-state index is 0.0480. The zero-order chi connectivity index (χ0) is 24.4. The summed E-state index contributed by atoms with van der Waals surface area (Å²) in [5, 5.41) is 0. The topological polar surface area (TPSA) is 64.5 Å². The Bertz CT molecular complexity index is 1180. The first-order valence-electron chi connectivity index (χ1n) is 12.5. The number of benzene rings is 2. The van der Waals surface area contributed by atoms with E-state index >= 15 is 0 Å². The number of carbonyl (C=O) groups excluding carboxylic acids is 1. The maximum Gasteiger partial charge on any atom is 0.233 e. The Morgan fingerprint density at radius 2 is 1.77 bits per heavy atom. The van der Waals surface area contributed by atoms with Gasteiger partial charge in [-0.3, -0.25) is 4.79 Å². The number of rotatable bonds is 5. The van der Waals surface area contributed by atoms with Crippen molar-refractivity contribution in [3.63, 3.8) is 0 Å². The second-order valence-electron chi connectivity index (χ2n) is 9.76. The molecule has 1 atom stereocenters. The second-order valence-corrected chi connectivity index (χ2v) is 9.76. The lowest BCUT2D eigenvalue weighted by atomic mass is 9.72. The van der Waals surface area contributed by atoms with E-state index in [9.17, 15) is 4.79 Å². The number of aryl methyl sites for hydroxylation is 2. The summed E-state index contributed by atoms with van der Waals surface area (Å²) in [7, 11) is 1.65. The smallest absolute Gasteiger partial charge is 0.233 e. The van der Waals surface area contributed by atoms with Crippen LogP contribution in [0.4, 0.5) is 0 Å². The van der Waals surface area contributed by atoms with E-state index in [1.807, 2.05) is 30.3 Å². The fourth-order valence-corrected chi connectivity index (χ4v) is 5.63. The Kier molecular flexibility index (Phi) is 6.56. The SMILES string of the molecule is COc1ccc(-c2nccc([C@H]3CCCN3C(=O)C3(c4cc(C)cc(C)c4)CCOCC3)n2)cc1. The van der Waals surface area contributed by atoms with Gasteiger partial charge in [-0.1, -0.05) is 29.3 Å². The third kappa shape index (κ3) is 4.55. The largest absolute Gasteiger partial charge is 0.497 e. The van der Waals surface area contributed by atoms with Gasteiger partial charge in [-0.2, -0.15) is 0 Å². The van der Waals surface area contributed by atoms with Gasteiger partial charge < -0.3 is 14.4 Å². The van der Waals surface area contributed by atoms with Crippen molar-refractivity contribution in [1.82, 2.24) is 14.9 Å². The molecular formula is C29H33N3O3. The Morgan fingerprint density at radius 1 is 1.06 bits per heavy atom. The molecule has 0 unspecified atom stereocenters. The van der Waals surface area contributed by atoms with Gasteiger partial charge in [0.15, 0.2) is 5.82 Å². The average Bonchev–Trinajstić information content (AvgIpc) is 3.38. The molecule has 6 heteroatoms. The molecular weight excluding hydrogens is 438 g/mol. The van der Waals surface area contributed by atoms with Gasteiger partial charge in [-0.15, -0.1) is 0 Å². The lowest BCUT2D eigenvalue weighted by Crippen LogP contribution is -2.49. The first-order valence-corrected chi connectivity index (χ1v) is 12.5. The summed E-state index contributed by atoms with van der Waals surface area (Å²) in [5.41, 5.74) is 4.78. The number of aromatic nitrogens is 2. The number of carbonyl (C=O) groups is 1. The van der Waals surface area contributed by atoms with Crippen molar-refractivity contribution in [2.45, 2.75) is 51.0 Å². The third-order valence-corrected chi connectivity index (χ3v) is 7.41. The lowest BCUT2D eigenvalue weighted by molar-refractivity contribution is -0.142. The van der Waals surface area contributed by atoms with Crippen LogP contribution in [-0.4, -0.2) is 47.6 Å². The van der Waals surface area contributed by atoms with E-state index in [1.165, 1.54) is 11.1 Å². The molecule has 2 fully saturated rings. The molecule has 0 radical (unpaired) electrons. The summed E-state index contributed by atoms with van der Waals surface area (Å²) in [6.07, 6.45) is 5.09. The number of amides is 1. The van der Waals surface area contributed by atoms with Crippen LogP contribution in [0.1, 0.15) is 54.1 Å². The number of ether oxygens (including phenoxy) is 2. The highest BCUT2D eigenvalue weighted by molar-refractivity contribution is 5.89. The molecule has 5 rings (SSSR count). The van der Waals surface area contributed by atoms with E-state index in [0.717, 1.165) is 42.0 Å². The van der Waals surface area contributed by atoms with Crippen molar-refractivity contribution in [2.24, 2.45) is 0 Å². The van der Waals surface area contributed by atoms with Crippen molar-refractivity contribution in [1.29, 1.82) is 0 Å². The number of hydrogen-bond acceptors (Lipinski definition) is 5. The predicted octanol–water partition coefficient (Wildman–Crippen LogP) is 5.18. The highest BCUT2D eigenvalue weighted by Gasteiger charge is 2.47. The van der Waals surface area contributed by atoms with Crippen LogP contribution in [0.5, 0.6) is 5.75 Å². The van der Waals surface area contributed by atoms with Gasteiger partial charge in [0.25, 0.3) is 0 Å². The van der Waals surface area contributed by atoms with Crippen LogP contribution in [0, 0.1) is 13.8 Å². The maximum absolute atomic E-state index is 14.4. The van der Waals surface area contributed by atoms with Gasteiger partial charge in [0.05, 0.1) is 24.3 Å². The van der Waals surface area contributed by atoms with Crippen LogP contribution >= 0.6 is 0 Å². The van der Waals surface area contributed by atoms with E-state index in [2.05, 4.69) is 41.9 Å². The zero-order valence-corrected chi connectivity index (χ0v) is 20.8. The Hall–Kier alpha value is -3.25. The number of nitrogens with zero attached hydrogens (tertiary/aromatic N) is 3. The molecule has 6 nitrogen and oxygen atoms in total. The van der Waals surface area contributed by atoms with Gasteiger partial charge in [0.1, 0.15) is 5.75 Å². The van der Waals surface area contributed by atoms with E-state index in [1.54, 1.807) is 13.3 Å². The molecule has 0 N–H and O–H groups in total. The van der Waals surface area contributed by atoms with Gasteiger partial charge >= 0.3 is 0 Å². The fourth-order valence-electron chi connectivity index (χ4n) is 5.63. The standard InChI is InChI=1S/C29H33N3O3/c1-20-17-21(2)19-23(18-20)29(11-15-35-16-12-29)28(33)32-14-4-5-26(32)25-10-13-30-27(31-25)22-6-8-24(34-3)9-7-22/h6-10,13,17-19,26H,4-5,11-12,14-16H2,1-3H3/t26-/m1/s1. The predicted molar refractivity (Wildman–Crippen MR) is 135 cm³/mol. The molecule has 0 spiro atoms. The number of likely N-dealkylation sites (tertiary alicyclic amines) is 1. The molecule has 0 saturated carbocycles. The van der Waals surface area contributed by atoms with Gasteiger partial charge in [0.2, 0.25) is 5.91 Å². The van der Waals surface area contributed by atoms with E-state index in [-0.39, 0.29) is 11.9 Å². The average molecular weight is 472 g/mol. The van der Waals surface area contributed by atoms with Gasteiger partial charge in [-0.25, -0.2) is 9.97 Å². The van der Waals surface area contributed by atoms with E-state index in [4.69, 9.17) is 14.5 Å². The van der Waals surface area contributed by atoms with E-state index in [0.29, 0.717) is 31.9 Å². The fraction of sp³-hybridized carbons (Fsp3) is 0.414. The molecule has 182 valence electrons. The van der Waals surface area contributed by atoms with Crippen molar-refractivity contribution >= 4 is 5.91 Å². The normalized spacial score (nSPS) is 19.5. The summed E-state index contributed by atoms with van der Waals surface area (Å²) in [5.74, 6) is 1.67. The summed E-state index contributed by atoms with van der Waals surface area (Å²) in [4.78, 5) is 25.9. The summed E-state index contributed by atoms with van der Waals surface area (Å²) >= 11 is 0. The molecule has 1 amide bonds. The number of hydrogen-bond donors (Lipinski definition) is 0. The molecule has 1 aromatic heterocycles. The molecule has 2 aliphatic heterocycles. The van der Waals surface area contributed by atoms with Crippen molar-refractivity contribution in [3.05, 3.63) is 77.1 Å². The van der Waals surface area contributed by atoms with Crippen LogP contribution in [0.2, 0.25) is 0 Å². The Labute approximate surface area is 207 Å². The molecule has 0 bridgehead atoms. The van der Waals surface area contributed by atoms with Crippen LogP contribution in [0.25, 0.3) is 11.4 Å². The van der Waals surface area contributed by atoms with Crippen molar-refractivity contribution in [2.75, 3.05) is 26.9 Å². The van der Waals surface area contributed by atoms with Crippen LogP contribution < -0.4 is 4.74 Å². The first kappa shape index (κ1) is 23.5. The highest BCUT2D eigenvalue weighted by atomic mass is 16.5. The molecule has 3 heterocycles. The van der Waals surface area contributed by atoms with Gasteiger partial charge in [-0.05, 0) is 75.4 Å².